The molecule has 0 aromatic heterocycles. The first-order valence-electron chi connectivity index (χ1n) is 5.84. The third kappa shape index (κ3) is 2.70. The van der Waals surface area contributed by atoms with Gasteiger partial charge in [0.25, 0.3) is 0 Å². The van der Waals surface area contributed by atoms with Gasteiger partial charge in [-0.3, -0.25) is 5.32 Å². The van der Waals surface area contributed by atoms with Gasteiger partial charge in [-0.2, -0.15) is 0 Å². The molecule has 2 fully saturated rings. The van der Waals surface area contributed by atoms with Crippen LogP contribution in [0.1, 0.15) is 32.1 Å². The Kier molecular flexibility index (Phi) is 3.47. The van der Waals surface area contributed by atoms with E-state index in [0.717, 1.165) is 6.42 Å². The molecule has 16 heavy (non-hydrogen) atoms. The first kappa shape index (κ1) is 12.2. The Labute approximate surface area is 94.5 Å². The van der Waals surface area contributed by atoms with Gasteiger partial charge in [0.05, 0.1) is 13.2 Å². The topological polar surface area (TPSA) is 30.5 Å². The van der Waals surface area contributed by atoms with E-state index in [-0.39, 0.29) is 18.9 Å². The molecule has 1 aliphatic heterocycles. The largest absolute Gasteiger partial charge is 0.383 e. The van der Waals surface area contributed by atoms with Crippen molar-refractivity contribution in [3.63, 3.8) is 0 Å². The molecule has 1 saturated heterocycles. The Morgan fingerprint density at radius 2 is 2.00 bits per heavy atom. The molecule has 1 heterocycles. The molecule has 0 aromatic rings. The molecule has 3 nitrogen and oxygen atoms in total. The van der Waals surface area contributed by atoms with Gasteiger partial charge in [-0.15, -0.1) is 0 Å². The van der Waals surface area contributed by atoms with Crippen molar-refractivity contribution in [2.45, 2.75) is 49.8 Å². The molecule has 94 valence electrons. The van der Waals surface area contributed by atoms with Crippen LogP contribution in [-0.2, 0) is 9.47 Å². The van der Waals surface area contributed by atoms with Gasteiger partial charge in [0.15, 0.2) is 0 Å². The van der Waals surface area contributed by atoms with Crippen molar-refractivity contribution in [1.29, 1.82) is 0 Å². The number of methoxy groups -OCH3 is 1. The highest BCUT2D eigenvalue weighted by molar-refractivity contribution is 4.93. The van der Waals surface area contributed by atoms with Crippen molar-refractivity contribution in [2.24, 2.45) is 0 Å². The van der Waals surface area contributed by atoms with E-state index in [1.807, 2.05) is 0 Å². The Balaban J connectivity index is 1.93. The van der Waals surface area contributed by atoms with Crippen LogP contribution in [0.4, 0.5) is 8.78 Å². The number of rotatable bonds is 2. The summed E-state index contributed by atoms with van der Waals surface area (Å²) >= 11 is 0. The van der Waals surface area contributed by atoms with E-state index in [9.17, 15) is 8.78 Å². The average molecular weight is 235 g/mol. The van der Waals surface area contributed by atoms with Crippen molar-refractivity contribution >= 4 is 0 Å². The molecule has 1 saturated carbocycles. The first-order valence-corrected chi connectivity index (χ1v) is 5.84. The normalized spacial score (nSPS) is 32.8. The number of ether oxygens (including phenoxy) is 2. The Hall–Kier alpha value is -0.260. The fourth-order valence-electron chi connectivity index (χ4n) is 2.52. The zero-order valence-electron chi connectivity index (χ0n) is 9.60. The zero-order valence-corrected chi connectivity index (χ0v) is 9.60. The van der Waals surface area contributed by atoms with Crippen molar-refractivity contribution < 1.29 is 18.3 Å². The summed E-state index contributed by atoms with van der Waals surface area (Å²) in [6.45, 7) is 1.24. The Morgan fingerprint density at radius 3 is 2.62 bits per heavy atom. The maximum atomic E-state index is 13.1. The Morgan fingerprint density at radius 1 is 1.31 bits per heavy atom. The van der Waals surface area contributed by atoms with Gasteiger partial charge in [-0.25, -0.2) is 8.78 Å². The first-order chi connectivity index (χ1) is 7.55. The van der Waals surface area contributed by atoms with E-state index >= 15 is 0 Å². The maximum Gasteiger partial charge on any atom is 0.248 e. The zero-order chi connectivity index (χ0) is 11.6. The summed E-state index contributed by atoms with van der Waals surface area (Å²) in [5.74, 6) is -2.51. The van der Waals surface area contributed by atoms with Crippen LogP contribution in [0, 0.1) is 0 Å². The predicted octanol–water partition coefficient (Wildman–Crippen LogP) is 1.92. The number of hydrogen-bond donors (Lipinski definition) is 1. The van der Waals surface area contributed by atoms with E-state index in [1.165, 1.54) is 0 Å². The van der Waals surface area contributed by atoms with Gasteiger partial charge in [0, 0.05) is 26.0 Å². The van der Waals surface area contributed by atoms with Crippen molar-refractivity contribution in [3.05, 3.63) is 0 Å². The quantitative estimate of drug-likeness (QED) is 0.793. The second kappa shape index (κ2) is 4.55. The monoisotopic (exact) mass is 235 g/mol. The minimum absolute atomic E-state index is 0.0836. The molecule has 1 atom stereocenters. The number of halogens is 2. The standard InChI is InChI=1S/C11H19F2NO2/c1-15-8-9-2-7-16-11(14-9)5-3-10(12,13)4-6-11/h9,14H,2-8H2,1H3. The summed E-state index contributed by atoms with van der Waals surface area (Å²) in [4.78, 5) is 0. The van der Waals surface area contributed by atoms with Crippen molar-refractivity contribution in [1.82, 2.24) is 5.32 Å². The molecule has 2 aliphatic rings. The fraction of sp³-hybridized carbons (Fsp3) is 1.00. The third-order valence-corrected chi connectivity index (χ3v) is 3.47. The lowest BCUT2D eigenvalue weighted by molar-refractivity contribution is -0.173. The minimum atomic E-state index is -2.51. The van der Waals surface area contributed by atoms with E-state index in [1.54, 1.807) is 7.11 Å². The summed E-state index contributed by atoms with van der Waals surface area (Å²) in [5, 5.41) is 3.33. The van der Waals surface area contributed by atoms with Crippen LogP contribution in [0.5, 0.6) is 0 Å². The maximum absolute atomic E-state index is 13.1. The van der Waals surface area contributed by atoms with Crippen LogP contribution in [0.25, 0.3) is 0 Å². The van der Waals surface area contributed by atoms with Crippen LogP contribution in [0.2, 0.25) is 0 Å². The van der Waals surface area contributed by atoms with Gasteiger partial charge in [0.2, 0.25) is 5.92 Å². The summed E-state index contributed by atoms with van der Waals surface area (Å²) in [6.07, 6.45) is 1.49. The molecule has 0 aromatic carbocycles. The van der Waals surface area contributed by atoms with E-state index in [0.29, 0.717) is 26.1 Å². The highest BCUT2D eigenvalue weighted by Crippen LogP contribution is 2.40. The van der Waals surface area contributed by atoms with Gasteiger partial charge in [0.1, 0.15) is 5.72 Å². The van der Waals surface area contributed by atoms with Gasteiger partial charge >= 0.3 is 0 Å². The van der Waals surface area contributed by atoms with Gasteiger partial charge < -0.3 is 9.47 Å². The second-order valence-corrected chi connectivity index (χ2v) is 4.78. The molecule has 1 spiro atoms. The summed E-state index contributed by atoms with van der Waals surface area (Å²) in [6, 6.07) is 0.227. The fourth-order valence-corrected chi connectivity index (χ4v) is 2.52. The third-order valence-electron chi connectivity index (χ3n) is 3.47. The molecule has 5 heteroatoms. The van der Waals surface area contributed by atoms with Crippen LogP contribution >= 0.6 is 0 Å². The molecule has 1 aliphatic carbocycles. The highest BCUT2D eigenvalue weighted by Gasteiger charge is 2.46. The number of nitrogens with one attached hydrogen (secondary N) is 1. The number of alkyl halides is 2. The lowest BCUT2D eigenvalue weighted by Gasteiger charge is -2.46. The second-order valence-electron chi connectivity index (χ2n) is 4.78. The van der Waals surface area contributed by atoms with Gasteiger partial charge in [-0.05, 0) is 19.3 Å². The van der Waals surface area contributed by atoms with Crippen molar-refractivity contribution in [3.8, 4) is 0 Å². The summed E-state index contributed by atoms with van der Waals surface area (Å²) in [7, 11) is 1.65. The van der Waals surface area contributed by atoms with Crippen LogP contribution in [-0.4, -0.2) is 38.0 Å². The average Bonchev–Trinajstić information content (AvgIpc) is 2.25. The predicted molar refractivity (Wildman–Crippen MR) is 55.5 cm³/mol. The van der Waals surface area contributed by atoms with E-state index < -0.39 is 11.6 Å². The van der Waals surface area contributed by atoms with Crippen LogP contribution in [0.15, 0.2) is 0 Å². The SMILES string of the molecule is COCC1CCOC2(CCC(F)(F)CC2)N1. The van der Waals surface area contributed by atoms with Gasteiger partial charge in [-0.1, -0.05) is 0 Å². The molecular weight excluding hydrogens is 216 g/mol. The molecule has 0 radical (unpaired) electrons. The molecule has 1 unspecified atom stereocenters. The van der Waals surface area contributed by atoms with Crippen LogP contribution < -0.4 is 5.32 Å². The minimum Gasteiger partial charge on any atom is -0.383 e. The molecule has 2 rings (SSSR count). The molecular formula is C11H19F2NO2. The van der Waals surface area contributed by atoms with Crippen molar-refractivity contribution in [2.75, 3.05) is 20.3 Å². The molecule has 0 amide bonds. The molecule has 0 bridgehead atoms. The molecule has 1 N–H and O–H groups in total. The smallest absolute Gasteiger partial charge is 0.248 e. The highest BCUT2D eigenvalue weighted by atomic mass is 19.3. The lowest BCUT2D eigenvalue weighted by atomic mass is 9.87. The lowest BCUT2D eigenvalue weighted by Crippen LogP contribution is -2.60. The summed E-state index contributed by atoms with van der Waals surface area (Å²) in [5.41, 5.74) is -0.525. The number of hydrogen-bond acceptors (Lipinski definition) is 3. The van der Waals surface area contributed by atoms with Crippen LogP contribution in [0.3, 0.4) is 0 Å². The van der Waals surface area contributed by atoms with E-state index in [4.69, 9.17) is 9.47 Å². The Bertz CT molecular complexity index is 236. The summed E-state index contributed by atoms with van der Waals surface area (Å²) < 4.78 is 36.9. The van der Waals surface area contributed by atoms with E-state index in [2.05, 4.69) is 5.32 Å².